The maximum absolute atomic E-state index is 14.1. The van der Waals surface area contributed by atoms with Crippen molar-refractivity contribution >= 4 is 40.6 Å². The minimum Gasteiger partial charge on any atom is -0.550 e. The van der Waals surface area contributed by atoms with Gasteiger partial charge >= 0.3 is 29.6 Å². The van der Waals surface area contributed by atoms with Gasteiger partial charge in [-0.05, 0) is 76.5 Å². The number of aliphatic imine (C=N–C) groups is 1. The minimum atomic E-state index is -1.36. The predicted molar refractivity (Wildman–Crippen MR) is 137 cm³/mol. The fourth-order valence-corrected chi connectivity index (χ4v) is 4.60. The van der Waals surface area contributed by atoms with E-state index in [0.29, 0.717) is 10.1 Å². The van der Waals surface area contributed by atoms with Gasteiger partial charge in [0.25, 0.3) is 5.91 Å². The predicted octanol–water partition coefficient (Wildman–Crippen LogP) is 1.47. The normalized spacial score (nSPS) is 15.0. The number of carbonyl (C=O) groups excluding carboxylic acids is 2. The van der Waals surface area contributed by atoms with Crippen LogP contribution in [0.2, 0.25) is 0 Å². The third-order valence-corrected chi connectivity index (χ3v) is 6.47. The van der Waals surface area contributed by atoms with Gasteiger partial charge in [-0.3, -0.25) is 4.79 Å². The van der Waals surface area contributed by atoms with Gasteiger partial charge in [0.05, 0.1) is 10.6 Å². The van der Waals surface area contributed by atoms with E-state index in [-0.39, 0.29) is 46.7 Å². The number of nitrogens with one attached hydrogen (secondary N) is 1. The number of hydrogen-bond acceptors (Lipinski definition) is 5. The number of aliphatic carboxylic acids is 1. The maximum Gasteiger partial charge on any atom is 1.00 e. The topological polar surface area (TPSA) is 86.5 Å². The molecule has 1 saturated heterocycles. The monoisotopic (exact) mass is 519 g/mol. The minimum absolute atomic E-state index is 0. The standard InChI is InChI=1S/C28H20FN3O3S.Na/c29-24-17-22(10-7-21(24)16-26(33)34)30-28-31-27(35)25(36-28)15-18-3-5-19(6-4-18)20-8-11-23(12-9-20)32-13-1-2-14-32;/h1-15,17H,16H2,(H,33,34)(H,30,31,35);/q;+1/p-1. The fraction of sp³-hybridized carbons (Fsp3) is 0.0357. The molecule has 178 valence electrons. The van der Waals surface area contributed by atoms with Crippen molar-refractivity contribution < 1.29 is 48.6 Å². The summed E-state index contributed by atoms with van der Waals surface area (Å²) in [5.41, 5.74) is 4.38. The third kappa shape index (κ3) is 6.47. The number of carboxylic acids is 1. The molecule has 0 aliphatic carbocycles. The summed E-state index contributed by atoms with van der Waals surface area (Å²) in [7, 11) is 0. The molecule has 1 aromatic heterocycles. The van der Waals surface area contributed by atoms with Gasteiger partial charge in [-0.25, -0.2) is 9.38 Å². The van der Waals surface area contributed by atoms with Gasteiger partial charge in [-0.15, -0.1) is 0 Å². The number of carboxylic acid groups (broad SMARTS) is 1. The van der Waals surface area contributed by atoms with Crippen molar-refractivity contribution in [3.8, 4) is 16.8 Å². The third-order valence-electron chi connectivity index (χ3n) is 5.56. The molecule has 1 aliphatic rings. The van der Waals surface area contributed by atoms with E-state index in [1.165, 1.54) is 12.1 Å². The molecule has 0 bridgehead atoms. The van der Waals surface area contributed by atoms with E-state index in [1.54, 1.807) is 6.08 Å². The Balaban J connectivity index is 0.00000320. The number of thioether (sulfide) groups is 1. The van der Waals surface area contributed by atoms with Gasteiger partial charge < -0.3 is 19.8 Å². The van der Waals surface area contributed by atoms with Crippen LogP contribution in [0.15, 0.2) is 101 Å². The second-order valence-corrected chi connectivity index (χ2v) is 9.10. The van der Waals surface area contributed by atoms with Gasteiger partial charge in [0.1, 0.15) is 5.82 Å². The molecular formula is C28H19FN3NaO3S. The first kappa shape index (κ1) is 26.6. The summed E-state index contributed by atoms with van der Waals surface area (Å²) in [4.78, 5) is 27.8. The molecule has 5 rings (SSSR count). The molecule has 1 fully saturated rings. The van der Waals surface area contributed by atoms with Crippen molar-refractivity contribution in [1.29, 1.82) is 0 Å². The molecule has 1 aliphatic heterocycles. The molecule has 37 heavy (non-hydrogen) atoms. The molecular weight excluding hydrogens is 500 g/mol. The van der Waals surface area contributed by atoms with Crippen molar-refractivity contribution in [3.63, 3.8) is 0 Å². The SMILES string of the molecule is O=C([O-])Cc1ccc(N=C2NC(=O)C(=Cc3ccc(-c4ccc(-n5cccc5)cc4)cc3)S2)cc1F.[Na+]. The van der Waals surface area contributed by atoms with E-state index in [2.05, 4.69) is 34.6 Å². The van der Waals surface area contributed by atoms with E-state index in [1.807, 2.05) is 53.4 Å². The molecule has 6 nitrogen and oxygen atoms in total. The second kappa shape index (κ2) is 11.7. The van der Waals surface area contributed by atoms with E-state index in [4.69, 9.17) is 0 Å². The first-order chi connectivity index (χ1) is 17.4. The number of amidine groups is 1. The Morgan fingerprint density at radius 1 is 1.00 bits per heavy atom. The zero-order valence-corrected chi connectivity index (χ0v) is 22.7. The number of nitrogens with zero attached hydrogens (tertiary/aromatic N) is 2. The number of amides is 1. The Morgan fingerprint density at radius 3 is 2.27 bits per heavy atom. The summed E-state index contributed by atoms with van der Waals surface area (Å²) in [6, 6.07) is 24.1. The van der Waals surface area contributed by atoms with E-state index in [9.17, 15) is 19.1 Å². The maximum atomic E-state index is 14.1. The molecule has 2 heterocycles. The molecule has 0 atom stereocenters. The fourth-order valence-electron chi connectivity index (χ4n) is 3.76. The number of benzene rings is 3. The Kier molecular flexibility index (Phi) is 8.45. The van der Waals surface area contributed by atoms with Crippen LogP contribution in [0.5, 0.6) is 0 Å². The molecule has 0 unspecified atom stereocenters. The van der Waals surface area contributed by atoms with Crippen LogP contribution in [-0.2, 0) is 16.0 Å². The number of carbonyl (C=O) groups is 2. The van der Waals surface area contributed by atoms with Crippen molar-refractivity contribution in [2.45, 2.75) is 6.42 Å². The largest absolute Gasteiger partial charge is 1.00 e. The summed E-state index contributed by atoms with van der Waals surface area (Å²) in [5, 5.41) is 13.7. The first-order valence-corrected chi connectivity index (χ1v) is 11.9. The number of rotatable bonds is 6. The molecule has 3 aromatic carbocycles. The van der Waals surface area contributed by atoms with Gasteiger partial charge in [0.2, 0.25) is 0 Å². The quantitative estimate of drug-likeness (QED) is 0.309. The summed E-state index contributed by atoms with van der Waals surface area (Å²) >= 11 is 1.15. The van der Waals surface area contributed by atoms with Crippen LogP contribution in [-0.4, -0.2) is 21.6 Å². The van der Waals surface area contributed by atoms with Crippen LogP contribution in [0.3, 0.4) is 0 Å². The summed E-state index contributed by atoms with van der Waals surface area (Å²) < 4.78 is 16.1. The van der Waals surface area contributed by atoms with Crippen LogP contribution in [0.1, 0.15) is 11.1 Å². The van der Waals surface area contributed by atoms with Crippen LogP contribution in [0.4, 0.5) is 10.1 Å². The summed E-state index contributed by atoms with van der Waals surface area (Å²) in [6.07, 6.45) is 5.25. The first-order valence-electron chi connectivity index (χ1n) is 11.1. The van der Waals surface area contributed by atoms with E-state index in [0.717, 1.165) is 40.2 Å². The molecule has 9 heteroatoms. The molecule has 1 amide bonds. The smallest absolute Gasteiger partial charge is 0.550 e. The van der Waals surface area contributed by atoms with Crippen LogP contribution in [0, 0.1) is 5.82 Å². The van der Waals surface area contributed by atoms with E-state index >= 15 is 0 Å². The molecule has 0 saturated carbocycles. The van der Waals surface area contributed by atoms with Crippen LogP contribution >= 0.6 is 11.8 Å². The van der Waals surface area contributed by atoms with Gasteiger partial charge in [0, 0.05) is 30.5 Å². The Hall–Kier alpha value is -3.43. The zero-order valence-electron chi connectivity index (χ0n) is 19.9. The molecule has 1 N–H and O–H groups in total. The van der Waals surface area contributed by atoms with Crippen molar-refractivity contribution in [2.75, 3.05) is 0 Å². The zero-order chi connectivity index (χ0) is 25.1. The molecule has 4 aromatic rings. The second-order valence-electron chi connectivity index (χ2n) is 8.07. The average Bonchev–Trinajstić information content (AvgIpc) is 3.52. The van der Waals surface area contributed by atoms with Crippen molar-refractivity contribution in [2.24, 2.45) is 4.99 Å². The van der Waals surface area contributed by atoms with Gasteiger partial charge in [0.15, 0.2) is 5.17 Å². The summed E-state index contributed by atoms with van der Waals surface area (Å²) in [5.74, 6) is -2.34. The van der Waals surface area contributed by atoms with Crippen molar-refractivity contribution in [1.82, 2.24) is 9.88 Å². The summed E-state index contributed by atoms with van der Waals surface area (Å²) in [6.45, 7) is 0. The average molecular weight is 520 g/mol. The number of aromatic nitrogens is 1. The number of halogens is 1. The Bertz CT molecular complexity index is 1500. The Morgan fingerprint density at radius 2 is 1.65 bits per heavy atom. The molecule has 0 radical (unpaired) electrons. The van der Waals surface area contributed by atoms with E-state index < -0.39 is 18.2 Å². The van der Waals surface area contributed by atoms with Gasteiger partial charge in [-0.1, -0.05) is 42.5 Å². The van der Waals surface area contributed by atoms with Crippen LogP contribution in [0.25, 0.3) is 22.9 Å². The van der Waals surface area contributed by atoms with Crippen LogP contribution < -0.4 is 40.0 Å². The van der Waals surface area contributed by atoms with Gasteiger partial charge in [-0.2, -0.15) is 0 Å². The van der Waals surface area contributed by atoms with Crippen molar-refractivity contribution in [3.05, 3.63) is 113 Å². The number of hydrogen-bond donors (Lipinski definition) is 1. The molecule has 0 spiro atoms. The Labute approximate surface area is 239 Å².